The molecule has 0 fully saturated rings. The van der Waals surface area contributed by atoms with E-state index in [9.17, 15) is 34.5 Å². The number of ether oxygens (including phenoxy) is 3. The van der Waals surface area contributed by atoms with E-state index in [0.717, 1.165) is 55.5 Å². The fraction of sp³-hybridized carbons (Fsp3) is 0.273. The van der Waals surface area contributed by atoms with Crippen LogP contribution in [-0.4, -0.2) is 56.2 Å². The fourth-order valence-corrected chi connectivity index (χ4v) is 2.56. The predicted molar refractivity (Wildman–Crippen MR) is 109 cm³/mol. The Kier molecular flexibility index (Phi) is 7.88. The van der Waals surface area contributed by atoms with Gasteiger partial charge in [0.05, 0.1) is 22.3 Å². The van der Waals surface area contributed by atoms with E-state index in [1.54, 1.807) is 6.92 Å². The Morgan fingerprint density at radius 3 is 1.36 bits per heavy atom. The molecule has 0 aliphatic heterocycles. The van der Waals surface area contributed by atoms with E-state index in [2.05, 4.69) is 4.74 Å². The molecule has 0 heterocycles. The molecule has 0 saturated heterocycles. The van der Waals surface area contributed by atoms with Crippen LogP contribution < -0.4 is 0 Å². The summed E-state index contributed by atoms with van der Waals surface area (Å²) in [4.78, 5) is 47.2. The number of carbonyl (C=O) groups excluding carboxylic acids is 3. The van der Waals surface area contributed by atoms with E-state index in [4.69, 9.17) is 14.6 Å². The maximum Gasteiger partial charge on any atom is 0.370 e. The van der Waals surface area contributed by atoms with Gasteiger partial charge in [0, 0.05) is 13.3 Å². The molecule has 2 aromatic rings. The summed E-state index contributed by atoms with van der Waals surface area (Å²) < 4.78 is 14.1. The number of esters is 3. The number of hydrogen-bond donors (Lipinski definition) is 4. The minimum Gasteiger partial charge on any atom is -0.478 e. The molecule has 0 saturated carbocycles. The van der Waals surface area contributed by atoms with Crippen LogP contribution in [0.3, 0.4) is 0 Å². The average molecular weight is 462 g/mol. The van der Waals surface area contributed by atoms with Crippen molar-refractivity contribution >= 4 is 23.9 Å². The Morgan fingerprint density at radius 2 is 1.03 bits per heavy atom. The highest BCUT2D eigenvalue weighted by molar-refractivity contribution is 5.94. The molecule has 0 bridgehead atoms. The number of carboxylic acid groups (broad SMARTS) is 1. The smallest absolute Gasteiger partial charge is 0.370 e. The molecule has 2 rings (SSSR count). The van der Waals surface area contributed by atoms with Gasteiger partial charge in [0.1, 0.15) is 0 Å². The summed E-state index contributed by atoms with van der Waals surface area (Å²) in [6, 6.07) is 9.26. The van der Waals surface area contributed by atoms with E-state index in [1.807, 2.05) is 0 Å². The lowest BCUT2D eigenvalue weighted by Crippen LogP contribution is -2.37. The molecule has 1 unspecified atom stereocenters. The third kappa shape index (κ3) is 7.38. The third-order valence-corrected chi connectivity index (χ3v) is 4.12. The molecule has 4 N–H and O–H groups in total. The summed E-state index contributed by atoms with van der Waals surface area (Å²) in [5, 5.41) is 38.1. The van der Waals surface area contributed by atoms with Gasteiger partial charge >= 0.3 is 35.8 Å². The SMILES string of the molecule is CCCC(O)(O)OC(=O)c1ccc(C(=O)OC(C)(O)OC(=O)c2ccc(C(=O)O)cc2)cc1. The van der Waals surface area contributed by atoms with Gasteiger partial charge in [0.25, 0.3) is 0 Å². The van der Waals surface area contributed by atoms with E-state index in [1.165, 1.54) is 0 Å². The molecule has 0 aliphatic carbocycles. The molecule has 11 heteroatoms. The van der Waals surface area contributed by atoms with Crippen LogP contribution in [0, 0.1) is 0 Å². The topological polar surface area (TPSA) is 177 Å². The fourth-order valence-electron chi connectivity index (χ4n) is 2.56. The molecule has 33 heavy (non-hydrogen) atoms. The molecule has 0 spiro atoms. The van der Waals surface area contributed by atoms with Crippen LogP contribution in [-0.2, 0) is 14.2 Å². The highest BCUT2D eigenvalue weighted by Crippen LogP contribution is 2.18. The normalized spacial score (nSPS) is 12.9. The quantitative estimate of drug-likeness (QED) is 0.315. The van der Waals surface area contributed by atoms with Crippen molar-refractivity contribution < 1.29 is 53.8 Å². The Morgan fingerprint density at radius 1 is 0.697 bits per heavy atom. The highest BCUT2D eigenvalue weighted by atomic mass is 16.8. The Balaban J connectivity index is 2.00. The first-order valence-electron chi connectivity index (χ1n) is 9.64. The van der Waals surface area contributed by atoms with Crippen molar-refractivity contribution in [3.05, 3.63) is 70.8 Å². The van der Waals surface area contributed by atoms with Gasteiger partial charge in [-0.1, -0.05) is 6.92 Å². The Bertz CT molecular complexity index is 1020. The van der Waals surface area contributed by atoms with Crippen molar-refractivity contribution in [3.8, 4) is 0 Å². The van der Waals surface area contributed by atoms with E-state index in [0.29, 0.717) is 6.42 Å². The minimum atomic E-state index is -2.66. The van der Waals surface area contributed by atoms with Crippen molar-refractivity contribution in [2.24, 2.45) is 0 Å². The van der Waals surface area contributed by atoms with Gasteiger partial charge in [0.15, 0.2) is 0 Å². The number of carboxylic acids is 1. The lowest BCUT2D eigenvalue weighted by Gasteiger charge is -2.23. The van der Waals surface area contributed by atoms with Crippen molar-refractivity contribution in [2.45, 2.75) is 38.6 Å². The van der Waals surface area contributed by atoms with Crippen LogP contribution in [0.1, 0.15) is 68.1 Å². The number of benzene rings is 2. The van der Waals surface area contributed by atoms with Crippen LogP contribution in [0.15, 0.2) is 48.5 Å². The van der Waals surface area contributed by atoms with Gasteiger partial charge in [0.2, 0.25) is 0 Å². The number of carbonyl (C=O) groups is 4. The lowest BCUT2D eigenvalue weighted by atomic mass is 10.1. The van der Waals surface area contributed by atoms with Crippen LogP contribution in [0.25, 0.3) is 0 Å². The molecular formula is C22H22O11. The van der Waals surface area contributed by atoms with Gasteiger partial charge in [-0.15, -0.1) is 0 Å². The molecule has 0 amide bonds. The van der Waals surface area contributed by atoms with Gasteiger partial charge in [-0.05, 0) is 55.0 Å². The molecule has 176 valence electrons. The number of aromatic carboxylic acids is 1. The number of aliphatic hydroxyl groups is 3. The van der Waals surface area contributed by atoms with Gasteiger partial charge < -0.3 is 34.6 Å². The van der Waals surface area contributed by atoms with Gasteiger partial charge in [-0.3, -0.25) is 0 Å². The van der Waals surface area contributed by atoms with Crippen LogP contribution in [0.5, 0.6) is 0 Å². The summed E-state index contributed by atoms with van der Waals surface area (Å²) in [6.07, 6.45) is 0.157. The zero-order chi connectivity index (χ0) is 24.8. The highest BCUT2D eigenvalue weighted by Gasteiger charge is 2.32. The summed E-state index contributed by atoms with van der Waals surface area (Å²) in [5.74, 6) is -9.69. The minimum absolute atomic E-state index is 0.0638. The molecular weight excluding hydrogens is 440 g/mol. The molecule has 2 aromatic carbocycles. The second-order valence-electron chi connectivity index (χ2n) is 7.02. The largest absolute Gasteiger partial charge is 0.478 e. The first-order chi connectivity index (χ1) is 15.3. The van der Waals surface area contributed by atoms with Crippen molar-refractivity contribution in [1.82, 2.24) is 0 Å². The standard InChI is InChI=1S/C22H22O11/c1-3-12-22(29,30)33-20(27)16-10-8-15(9-11-16)19(26)32-21(2,28)31-18(25)14-6-4-13(5-7-14)17(23)24/h4-11,28-30H,3,12H2,1-2H3,(H,23,24). The second kappa shape index (κ2) is 10.2. The molecule has 1 atom stereocenters. The average Bonchev–Trinajstić information content (AvgIpc) is 2.72. The molecule has 0 radical (unpaired) electrons. The third-order valence-electron chi connectivity index (χ3n) is 4.12. The van der Waals surface area contributed by atoms with Crippen molar-refractivity contribution in [3.63, 3.8) is 0 Å². The summed E-state index contributed by atoms with van der Waals surface area (Å²) in [7, 11) is 0. The van der Waals surface area contributed by atoms with Crippen molar-refractivity contribution in [1.29, 1.82) is 0 Å². The Hall–Kier alpha value is -3.80. The maximum atomic E-state index is 12.3. The monoisotopic (exact) mass is 462 g/mol. The van der Waals surface area contributed by atoms with Crippen LogP contribution in [0.2, 0.25) is 0 Å². The van der Waals surface area contributed by atoms with E-state index in [-0.39, 0.29) is 28.7 Å². The second-order valence-corrected chi connectivity index (χ2v) is 7.02. The summed E-state index contributed by atoms with van der Waals surface area (Å²) in [5.41, 5.74) is -0.364. The zero-order valence-corrected chi connectivity index (χ0v) is 17.7. The lowest BCUT2D eigenvalue weighted by molar-refractivity contribution is -0.310. The molecule has 0 aliphatic rings. The predicted octanol–water partition coefficient (Wildman–Crippen LogP) is 1.66. The van der Waals surface area contributed by atoms with E-state index < -0.39 is 35.8 Å². The van der Waals surface area contributed by atoms with Crippen LogP contribution >= 0.6 is 0 Å². The number of rotatable bonds is 9. The van der Waals surface area contributed by atoms with Crippen molar-refractivity contribution in [2.75, 3.05) is 0 Å². The van der Waals surface area contributed by atoms with Gasteiger partial charge in [-0.2, -0.15) is 0 Å². The van der Waals surface area contributed by atoms with Crippen LogP contribution in [0.4, 0.5) is 0 Å². The zero-order valence-electron chi connectivity index (χ0n) is 17.7. The summed E-state index contributed by atoms with van der Waals surface area (Å²) >= 11 is 0. The first kappa shape index (κ1) is 25.5. The molecule has 11 nitrogen and oxygen atoms in total. The van der Waals surface area contributed by atoms with Gasteiger partial charge in [-0.25, -0.2) is 19.2 Å². The number of hydrogen-bond acceptors (Lipinski definition) is 10. The Labute approximate surface area is 187 Å². The maximum absolute atomic E-state index is 12.3. The summed E-state index contributed by atoms with van der Waals surface area (Å²) in [6.45, 7) is 2.56. The molecule has 0 aromatic heterocycles. The first-order valence-corrected chi connectivity index (χ1v) is 9.64. The van der Waals surface area contributed by atoms with E-state index >= 15 is 0 Å².